The van der Waals surface area contributed by atoms with Gasteiger partial charge in [0.1, 0.15) is 0 Å². The molecular formula is C15H19NO. The highest BCUT2D eigenvalue weighted by atomic mass is 16.2. The van der Waals surface area contributed by atoms with E-state index in [0.29, 0.717) is 5.56 Å². The average molecular weight is 229 g/mol. The third-order valence-corrected chi connectivity index (χ3v) is 2.43. The molecule has 0 fully saturated rings. The van der Waals surface area contributed by atoms with Gasteiger partial charge in [0.25, 0.3) is 5.91 Å². The molecule has 1 amide bonds. The molecule has 2 nitrogen and oxygen atoms in total. The van der Waals surface area contributed by atoms with Crippen LogP contribution in [-0.4, -0.2) is 17.9 Å². The van der Waals surface area contributed by atoms with Crippen molar-refractivity contribution < 1.29 is 4.79 Å². The van der Waals surface area contributed by atoms with Gasteiger partial charge in [-0.15, -0.1) is 0 Å². The van der Waals surface area contributed by atoms with Crippen LogP contribution < -0.4 is 0 Å². The Bertz CT molecular complexity index is 418. The number of hydrogen-bond acceptors (Lipinski definition) is 1. The summed E-state index contributed by atoms with van der Waals surface area (Å²) >= 11 is 0. The van der Waals surface area contributed by atoms with Crippen molar-refractivity contribution in [3.8, 4) is 0 Å². The molecule has 1 aromatic carbocycles. The van der Waals surface area contributed by atoms with Gasteiger partial charge in [-0.2, -0.15) is 0 Å². The molecule has 0 heterocycles. The molecule has 0 aliphatic rings. The minimum atomic E-state index is 0.0189. The van der Waals surface area contributed by atoms with Gasteiger partial charge in [-0.05, 0) is 32.4 Å². The number of nitrogens with zero attached hydrogens (tertiary/aromatic N) is 1. The van der Waals surface area contributed by atoms with E-state index >= 15 is 0 Å². The summed E-state index contributed by atoms with van der Waals surface area (Å²) in [6, 6.07) is 9.31. The lowest BCUT2D eigenvalue weighted by atomic mass is 10.2. The fraction of sp³-hybridized carbons (Fsp3) is 0.267. The van der Waals surface area contributed by atoms with E-state index in [1.807, 2.05) is 56.5 Å². The Balaban J connectivity index is 2.71. The highest BCUT2D eigenvalue weighted by Crippen LogP contribution is 2.07. The van der Waals surface area contributed by atoms with Crippen LogP contribution in [0.3, 0.4) is 0 Å². The molecular weight excluding hydrogens is 210 g/mol. The van der Waals surface area contributed by atoms with Crippen molar-refractivity contribution in [3.63, 3.8) is 0 Å². The monoisotopic (exact) mass is 229 g/mol. The Hall–Kier alpha value is -1.83. The number of carbonyl (C=O) groups excluding carboxylic acids is 1. The van der Waals surface area contributed by atoms with Gasteiger partial charge in [-0.25, -0.2) is 0 Å². The van der Waals surface area contributed by atoms with Crippen molar-refractivity contribution in [2.45, 2.75) is 20.3 Å². The zero-order chi connectivity index (χ0) is 12.7. The third-order valence-electron chi connectivity index (χ3n) is 2.43. The predicted molar refractivity (Wildman–Crippen MR) is 71.7 cm³/mol. The maximum absolute atomic E-state index is 12.0. The highest BCUT2D eigenvalue weighted by Gasteiger charge is 2.08. The van der Waals surface area contributed by atoms with Crippen LogP contribution in [0.1, 0.15) is 30.6 Å². The molecule has 0 aliphatic carbocycles. The molecule has 2 heteroatoms. The Morgan fingerprint density at radius 3 is 2.53 bits per heavy atom. The fourth-order valence-corrected chi connectivity index (χ4v) is 1.53. The summed E-state index contributed by atoms with van der Waals surface area (Å²) in [5, 5.41) is 0. The van der Waals surface area contributed by atoms with Gasteiger partial charge in [0.15, 0.2) is 0 Å². The van der Waals surface area contributed by atoms with Crippen molar-refractivity contribution in [2.75, 3.05) is 7.05 Å². The number of amides is 1. The van der Waals surface area contributed by atoms with Crippen molar-refractivity contribution >= 4 is 5.91 Å². The molecule has 0 aliphatic heterocycles. The lowest BCUT2D eigenvalue weighted by Gasteiger charge is -2.13. The maximum atomic E-state index is 12.0. The second-order valence-corrected chi connectivity index (χ2v) is 4.03. The first-order valence-electron chi connectivity index (χ1n) is 5.75. The quantitative estimate of drug-likeness (QED) is 0.722. The molecule has 0 bridgehead atoms. The minimum absolute atomic E-state index is 0.0189. The van der Waals surface area contributed by atoms with Crippen LogP contribution in [0, 0.1) is 0 Å². The molecule has 90 valence electrons. The fourth-order valence-electron chi connectivity index (χ4n) is 1.53. The van der Waals surface area contributed by atoms with Crippen LogP contribution in [0.15, 0.2) is 54.3 Å². The molecule has 1 rings (SSSR count). The Morgan fingerprint density at radius 1 is 1.29 bits per heavy atom. The van der Waals surface area contributed by atoms with E-state index < -0.39 is 0 Å². The van der Waals surface area contributed by atoms with E-state index in [2.05, 4.69) is 6.08 Å². The first-order valence-corrected chi connectivity index (χ1v) is 5.75. The summed E-state index contributed by atoms with van der Waals surface area (Å²) in [7, 11) is 1.79. The van der Waals surface area contributed by atoms with E-state index in [1.54, 1.807) is 11.9 Å². The van der Waals surface area contributed by atoms with Crippen molar-refractivity contribution in [1.82, 2.24) is 4.90 Å². The van der Waals surface area contributed by atoms with Gasteiger partial charge in [0, 0.05) is 18.8 Å². The molecule has 0 N–H and O–H groups in total. The van der Waals surface area contributed by atoms with Gasteiger partial charge in [-0.3, -0.25) is 4.79 Å². The summed E-state index contributed by atoms with van der Waals surface area (Å²) in [5.41, 5.74) is 1.87. The smallest absolute Gasteiger partial charge is 0.257 e. The van der Waals surface area contributed by atoms with Crippen LogP contribution in [0.5, 0.6) is 0 Å². The molecule has 0 unspecified atom stereocenters. The number of benzene rings is 1. The molecule has 0 spiro atoms. The molecule has 0 saturated heterocycles. The van der Waals surface area contributed by atoms with Crippen molar-refractivity contribution in [2.24, 2.45) is 0 Å². The van der Waals surface area contributed by atoms with Gasteiger partial charge in [0.2, 0.25) is 0 Å². The maximum Gasteiger partial charge on any atom is 0.257 e. The summed E-state index contributed by atoms with van der Waals surface area (Å²) in [6.45, 7) is 4.01. The lowest BCUT2D eigenvalue weighted by molar-refractivity contribution is 0.0849. The normalized spacial score (nSPS) is 11.8. The summed E-state index contributed by atoms with van der Waals surface area (Å²) in [4.78, 5) is 13.7. The summed E-state index contributed by atoms with van der Waals surface area (Å²) in [6.07, 6.45) is 6.85. The summed E-state index contributed by atoms with van der Waals surface area (Å²) < 4.78 is 0. The zero-order valence-electron chi connectivity index (χ0n) is 10.7. The molecule has 0 atom stereocenters. The van der Waals surface area contributed by atoms with E-state index in [0.717, 1.165) is 12.0 Å². The summed E-state index contributed by atoms with van der Waals surface area (Å²) in [5.74, 6) is 0.0189. The predicted octanol–water partition coefficient (Wildman–Crippen LogP) is 3.63. The number of carbonyl (C=O) groups is 1. The average Bonchev–Trinajstić information content (AvgIpc) is 2.36. The van der Waals surface area contributed by atoms with Gasteiger partial charge >= 0.3 is 0 Å². The standard InChI is InChI=1S/C15H19NO/c1-4-5-9-13(2)12-16(3)15(17)14-10-7-6-8-11-14/h4-8,10-12H,9H2,1-3H3/b5-4+,13-12+. The molecule has 0 radical (unpaired) electrons. The molecule has 0 saturated carbocycles. The van der Waals surface area contributed by atoms with Crippen molar-refractivity contribution in [1.29, 1.82) is 0 Å². The number of allylic oxidation sites excluding steroid dienone is 3. The Kier molecular flexibility index (Phi) is 5.21. The van der Waals surface area contributed by atoms with E-state index in [9.17, 15) is 4.79 Å². The second kappa shape index (κ2) is 6.69. The molecule has 1 aromatic rings. The minimum Gasteiger partial charge on any atom is -0.318 e. The lowest BCUT2D eigenvalue weighted by Crippen LogP contribution is -2.21. The second-order valence-electron chi connectivity index (χ2n) is 4.03. The van der Waals surface area contributed by atoms with E-state index in [4.69, 9.17) is 0 Å². The topological polar surface area (TPSA) is 20.3 Å². The van der Waals surface area contributed by atoms with E-state index in [1.165, 1.54) is 0 Å². The first-order chi connectivity index (χ1) is 8.15. The highest BCUT2D eigenvalue weighted by molar-refractivity contribution is 5.94. The Morgan fingerprint density at radius 2 is 1.94 bits per heavy atom. The first kappa shape index (κ1) is 13.2. The van der Waals surface area contributed by atoms with Crippen LogP contribution in [0.2, 0.25) is 0 Å². The largest absolute Gasteiger partial charge is 0.318 e. The number of rotatable bonds is 4. The van der Waals surface area contributed by atoms with Crippen LogP contribution >= 0.6 is 0 Å². The molecule has 0 aromatic heterocycles. The Labute approximate surface area is 103 Å². The number of hydrogen-bond donors (Lipinski definition) is 0. The zero-order valence-corrected chi connectivity index (χ0v) is 10.7. The van der Waals surface area contributed by atoms with Gasteiger partial charge in [0.05, 0.1) is 0 Å². The molecule has 17 heavy (non-hydrogen) atoms. The van der Waals surface area contributed by atoms with Crippen LogP contribution in [0.4, 0.5) is 0 Å². The van der Waals surface area contributed by atoms with Gasteiger partial charge in [-0.1, -0.05) is 35.9 Å². The van der Waals surface area contributed by atoms with Gasteiger partial charge < -0.3 is 4.90 Å². The van der Waals surface area contributed by atoms with E-state index in [-0.39, 0.29) is 5.91 Å². The van der Waals surface area contributed by atoms with Crippen molar-refractivity contribution in [3.05, 3.63) is 59.8 Å². The third kappa shape index (κ3) is 4.27. The van der Waals surface area contributed by atoms with Crippen LogP contribution in [-0.2, 0) is 0 Å². The SMILES string of the molecule is C/C=C/C/C(C)=C/N(C)C(=O)c1ccccc1. The van der Waals surface area contributed by atoms with Crippen LogP contribution in [0.25, 0.3) is 0 Å².